The zero-order valence-corrected chi connectivity index (χ0v) is 17.1. The van der Waals surface area contributed by atoms with Gasteiger partial charge in [-0.15, -0.1) is 0 Å². The maximum Gasteiger partial charge on any atom is 0.336 e. The van der Waals surface area contributed by atoms with Crippen molar-refractivity contribution in [3.63, 3.8) is 0 Å². The molecule has 152 valence electrons. The summed E-state index contributed by atoms with van der Waals surface area (Å²) in [7, 11) is 7.07. The van der Waals surface area contributed by atoms with Gasteiger partial charge in [-0.3, -0.25) is 9.79 Å². The van der Waals surface area contributed by atoms with Gasteiger partial charge in [0.15, 0.2) is 11.5 Å². The number of carbonyl (C=O) groups excluding carboxylic acids is 2. The molecule has 0 saturated carbocycles. The van der Waals surface area contributed by atoms with Gasteiger partial charge in [-0.05, 0) is 31.5 Å². The molecule has 1 aliphatic rings. The quantitative estimate of drug-likeness (QED) is 0.688. The number of rotatable bonds is 6. The summed E-state index contributed by atoms with van der Waals surface area (Å²) >= 11 is 0. The Hall–Kier alpha value is -3.03. The minimum Gasteiger partial charge on any atom is -0.493 e. The third kappa shape index (κ3) is 3.67. The first-order valence-electron chi connectivity index (χ1n) is 8.56. The van der Waals surface area contributed by atoms with Crippen LogP contribution in [0.2, 0.25) is 0 Å². The zero-order chi connectivity index (χ0) is 21.0. The molecule has 0 bridgehead atoms. The van der Waals surface area contributed by atoms with Gasteiger partial charge in [0.25, 0.3) is 0 Å². The number of allylic oxidation sites excluding steroid dienone is 1. The van der Waals surface area contributed by atoms with Gasteiger partial charge in [-0.25, -0.2) is 4.79 Å². The van der Waals surface area contributed by atoms with Gasteiger partial charge >= 0.3 is 11.9 Å². The van der Waals surface area contributed by atoms with E-state index < -0.39 is 23.8 Å². The molecule has 1 aromatic carbocycles. The summed E-state index contributed by atoms with van der Waals surface area (Å²) in [5.74, 6) is -1.35. The SMILES string of the molecule is COC(=O)C1=C(C)N=C(C)C(C(=O)OC)[C@@H]1c1cc(OC)c(OC)c(OC)c1. The van der Waals surface area contributed by atoms with Crippen molar-refractivity contribution >= 4 is 17.7 Å². The molecule has 0 amide bonds. The average Bonchev–Trinajstić information content (AvgIpc) is 2.70. The molecule has 0 fully saturated rings. The van der Waals surface area contributed by atoms with Gasteiger partial charge < -0.3 is 23.7 Å². The molecular formula is C20H25NO7. The summed E-state index contributed by atoms with van der Waals surface area (Å²) in [6, 6.07) is 3.41. The lowest BCUT2D eigenvalue weighted by molar-refractivity contribution is -0.143. The van der Waals surface area contributed by atoms with Crippen molar-refractivity contribution in [2.75, 3.05) is 35.5 Å². The van der Waals surface area contributed by atoms with Gasteiger partial charge in [-0.2, -0.15) is 0 Å². The fourth-order valence-electron chi connectivity index (χ4n) is 3.49. The summed E-state index contributed by atoms with van der Waals surface area (Å²) in [5, 5.41) is 0. The predicted molar refractivity (Wildman–Crippen MR) is 102 cm³/mol. The highest BCUT2D eigenvalue weighted by atomic mass is 16.5. The fraction of sp³-hybridized carbons (Fsp3) is 0.450. The number of methoxy groups -OCH3 is 5. The number of carbonyl (C=O) groups is 2. The molecule has 0 radical (unpaired) electrons. The van der Waals surface area contributed by atoms with E-state index in [-0.39, 0.29) is 5.57 Å². The fourth-order valence-corrected chi connectivity index (χ4v) is 3.49. The van der Waals surface area contributed by atoms with Gasteiger partial charge in [0.05, 0.1) is 41.1 Å². The number of nitrogens with zero attached hydrogens (tertiary/aromatic N) is 1. The summed E-state index contributed by atoms with van der Waals surface area (Å²) in [6.07, 6.45) is 0. The van der Waals surface area contributed by atoms with Gasteiger partial charge in [0, 0.05) is 17.3 Å². The molecular weight excluding hydrogens is 366 g/mol. The highest BCUT2D eigenvalue weighted by Crippen LogP contribution is 2.46. The van der Waals surface area contributed by atoms with Crippen LogP contribution < -0.4 is 14.2 Å². The van der Waals surface area contributed by atoms with Crippen molar-refractivity contribution in [2.24, 2.45) is 10.9 Å². The van der Waals surface area contributed by atoms with E-state index in [2.05, 4.69) is 4.99 Å². The topological polar surface area (TPSA) is 92.7 Å². The molecule has 1 aliphatic heterocycles. The lowest BCUT2D eigenvalue weighted by atomic mass is 9.75. The van der Waals surface area contributed by atoms with Crippen LogP contribution in [-0.2, 0) is 19.1 Å². The number of aliphatic imine (C=N–C) groups is 1. The van der Waals surface area contributed by atoms with Crippen LogP contribution in [0.3, 0.4) is 0 Å². The van der Waals surface area contributed by atoms with E-state index in [0.29, 0.717) is 34.2 Å². The predicted octanol–water partition coefficient (Wildman–Crippen LogP) is 2.51. The first-order valence-corrected chi connectivity index (χ1v) is 8.56. The van der Waals surface area contributed by atoms with Crippen LogP contribution in [0.15, 0.2) is 28.4 Å². The van der Waals surface area contributed by atoms with Crippen LogP contribution in [0.5, 0.6) is 17.2 Å². The Kier molecular flexibility index (Phi) is 6.66. The zero-order valence-electron chi connectivity index (χ0n) is 17.1. The van der Waals surface area contributed by atoms with Crippen molar-refractivity contribution in [2.45, 2.75) is 19.8 Å². The normalized spacial score (nSPS) is 18.9. The number of esters is 2. The van der Waals surface area contributed by atoms with Crippen molar-refractivity contribution in [1.29, 1.82) is 0 Å². The van der Waals surface area contributed by atoms with Crippen molar-refractivity contribution in [3.8, 4) is 17.2 Å². The van der Waals surface area contributed by atoms with Crippen LogP contribution in [0.4, 0.5) is 0 Å². The van der Waals surface area contributed by atoms with E-state index in [1.54, 1.807) is 26.0 Å². The van der Waals surface area contributed by atoms with Gasteiger partial charge in [-0.1, -0.05) is 0 Å². The van der Waals surface area contributed by atoms with E-state index in [4.69, 9.17) is 23.7 Å². The van der Waals surface area contributed by atoms with Crippen LogP contribution in [-0.4, -0.2) is 53.2 Å². The summed E-state index contributed by atoms with van der Waals surface area (Å²) in [4.78, 5) is 29.5. The van der Waals surface area contributed by atoms with Crippen molar-refractivity contribution in [3.05, 3.63) is 29.0 Å². The van der Waals surface area contributed by atoms with Crippen molar-refractivity contribution < 1.29 is 33.3 Å². The Bertz CT molecular complexity index is 816. The number of hydrogen-bond donors (Lipinski definition) is 0. The van der Waals surface area contributed by atoms with Gasteiger partial charge in [0.1, 0.15) is 5.92 Å². The van der Waals surface area contributed by atoms with Crippen LogP contribution in [0.1, 0.15) is 25.3 Å². The molecule has 8 heteroatoms. The third-order valence-electron chi connectivity index (χ3n) is 4.73. The maximum atomic E-state index is 12.6. The number of hydrogen-bond acceptors (Lipinski definition) is 8. The second-order valence-electron chi connectivity index (χ2n) is 6.18. The van der Waals surface area contributed by atoms with E-state index in [1.165, 1.54) is 35.5 Å². The molecule has 2 rings (SSSR count). The summed E-state index contributed by atoms with van der Waals surface area (Å²) in [6.45, 7) is 3.43. The number of benzene rings is 1. The minimum atomic E-state index is -0.800. The highest BCUT2D eigenvalue weighted by molar-refractivity contribution is 6.07. The van der Waals surface area contributed by atoms with Crippen LogP contribution in [0.25, 0.3) is 0 Å². The Morgan fingerprint density at radius 2 is 1.46 bits per heavy atom. The van der Waals surface area contributed by atoms with Gasteiger partial charge in [0.2, 0.25) is 5.75 Å². The first kappa shape index (κ1) is 21.3. The van der Waals surface area contributed by atoms with Crippen LogP contribution >= 0.6 is 0 Å². The Balaban J connectivity index is 2.80. The molecule has 0 saturated heterocycles. The monoisotopic (exact) mass is 391 g/mol. The lowest BCUT2D eigenvalue weighted by Gasteiger charge is -2.31. The minimum absolute atomic E-state index is 0.276. The van der Waals surface area contributed by atoms with E-state index >= 15 is 0 Å². The average molecular weight is 391 g/mol. The number of ether oxygens (including phenoxy) is 5. The standard InChI is InChI=1S/C20H25NO7/c1-10-15(19(22)27-6)17(16(11(2)21-10)20(23)28-7)12-8-13(24-3)18(26-5)14(9-12)25-4/h8-9,15,17H,1-7H3/t15?,17-/m0/s1. The molecule has 1 aromatic rings. The van der Waals surface area contributed by atoms with E-state index in [0.717, 1.165) is 0 Å². The molecule has 1 heterocycles. The second kappa shape index (κ2) is 8.77. The molecule has 0 spiro atoms. The lowest BCUT2D eigenvalue weighted by Crippen LogP contribution is -2.36. The molecule has 0 N–H and O–H groups in total. The van der Waals surface area contributed by atoms with Crippen LogP contribution in [0, 0.1) is 5.92 Å². The molecule has 0 aliphatic carbocycles. The Morgan fingerprint density at radius 1 is 0.893 bits per heavy atom. The molecule has 1 unspecified atom stereocenters. The largest absolute Gasteiger partial charge is 0.493 e. The molecule has 0 aromatic heterocycles. The Labute approximate surface area is 164 Å². The molecule has 8 nitrogen and oxygen atoms in total. The first-order chi connectivity index (χ1) is 13.3. The van der Waals surface area contributed by atoms with E-state index in [1.807, 2.05) is 0 Å². The highest BCUT2D eigenvalue weighted by Gasteiger charge is 2.42. The van der Waals surface area contributed by atoms with E-state index in [9.17, 15) is 9.59 Å². The Morgan fingerprint density at radius 3 is 1.89 bits per heavy atom. The van der Waals surface area contributed by atoms with Crippen molar-refractivity contribution in [1.82, 2.24) is 0 Å². The molecule has 2 atom stereocenters. The smallest absolute Gasteiger partial charge is 0.336 e. The third-order valence-corrected chi connectivity index (χ3v) is 4.73. The molecule has 28 heavy (non-hydrogen) atoms. The maximum absolute atomic E-state index is 12.6. The second-order valence-corrected chi connectivity index (χ2v) is 6.18. The summed E-state index contributed by atoms with van der Waals surface area (Å²) < 4.78 is 26.2. The summed E-state index contributed by atoms with van der Waals surface area (Å²) in [5.41, 5.74) is 1.90.